The Labute approximate surface area is 295 Å². The molecule has 0 radical (unpaired) electrons. The fourth-order valence-corrected chi connectivity index (χ4v) is 7.69. The first kappa shape index (κ1) is 39.1. The Morgan fingerprint density at radius 1 is 0.627 bits per heavy atom. The molecule has 0 bridgehead atoms. The Kier molecular flexibility index (Phi) is 12.7. The molecule has 4 aromatic carbocycles. The lowest BCUT2D eigenvalue weighted by atomic mass is 9.91. The molecule has 0 aliphatic rings. The van der Waals surface area contributed by atoms with Crippen molar-refractivity contribution in [3.63, 3.8) is 0 Å². The van der Waals surface area contributed by atoms with E-state index in [9.17, 15) is 43.1 Å². The zero-order valence-corrected chi connectivity index (χ0v) is 30.2. The van der Waals surface area contributed by atoms with E-state index in [2.05, 4.69) is 5.32 Å². The van der Waals surface area contributed by atoms with Crippen LogP contribution in [0.4, 0.5) is 5.69 Å². The summed E-state index contributed by atoms with van der Waals surface area (Å²) in [7, 11) is -10.8. The Balaban J connectivity index is 1.69. The average molecular weight is 736 g/mol. The van der Waals surface area contributed by atoms with Gasteiger partial charge in [0.15, 0.2) is 11.1 Å². The zero-order chi connectivity index (χ0) is 37.5. The van der Waals surface area contributed by atoms with Crippen LogP contribution in [0, 0.1) is 13.8 Å². The van der Waals surface area contributed by atoms with Crippen LogP contribution in [0.25, 0.3) is 11.1 Å². The lowest BCUT2D eigenvalue weighted by molar-refractivity contribution is -0.116. The third-order valence-electron chi connectivity index (χ3n) is 8.01. The predicted octanol–water partition coefficient (Wildman–Crippen LogP) is 7.48. The molecule has 0 heterocycles. The first-order valence-corrected chi connectivity index (χ1v) is 19.3. The number of anilines is 1. The molecule has 268 valence electrons. The van der Waals surface area contributed by atoms with E-state index < -0.39 is 44.9 Å². The fraction of sp³-hybridized carbons (Fsp3) is 0.216. The van der Waals surface area contributed by atoms with Crippen LogP contribution < -0.4 is 14.8 Å². The van der Waals surface area contributed by atoms with Gasteiger partial charge in [0.05, 0.1) is 23.2 Å². The summed E-state index contributed by atoms with van der Waals surface area (Å²) < 4.78 is 34.9. The first-order chi connectivity index (χ1) is 24.0. The van der Waals surface area contributed by atoms with Crippen LogP contribution in [0.2, 0.25) is 0 Å². The molecule has 4 aromatic rings. The summed E-state index contributed by atoms with van der Waals surface area (Å²) in [5.41, 5.74) is 5.71. The number of carbonyl (C=O) groups is 3. The second-order valence-electron chi connectivity index (χ2n) is 11.8. The van der Waals surface area contributed by atoms with E-state index in [1.807, 2.05) is 52.0 Å². The number of ether oxygens (including phenoxy) is 2. The van der Waals surface area contributed by atoms with Crippen molar-refractivity contribution in [2.24, 2.45) is 0 Å². The number of hydrogen-bond donors (Lipinski definition) is 5. The summed E-state index contributed by atoms with van der Waals surface area (Å²) >= 11 is 0. The molecule has 0 fully saturated rings. The van der Waals surface area contributed by atoms with Gasteiger partial charge in [-0.15, -0.1) is 0 Å². The van der Waals surface area contributed by atoms with Crippen molar-refractivity contribution in [1.82, 2.24) is 0 Å². The van der Waals surface area contributed by atoms with Gasteiger partial charge in [0.2, 0.25) is 5.91 Å². The van der Waals surface area contributed by atoms with Gasteiger partial charge >= 0.3 is 27.1 Å². The van der Waals surface area contributed by atoms with Crippen molar-refractivity contribution in [2.45, 2.75) is 52.4 Å². The van der Waals surface area contributed by atoms with Gasteiger partial charge in [-0.2, -0.15) is 0 Å². The molecule has 14 heteroatoms. The maximum Gasteiger partial charge on any atom is 0.343 e. The van der Waals surface area contributed by atoms with E-state index in [1.54, 1.807) is 54.6 Å². The largest absolute Gasteiger partial charge is 0.423 e. The van der Waals surface area contributed by atoms with E-state index in [-0.39, 0.29) is 17.0 Å². The molecule has 12 nitrogen and oxygen atoms in total. The minimum atomic E-state index is -5.39. The highest BCUT2D eigenvalue weighted by atomic mass is 31.2. The van der Waals surface area contributed by atoms with Crippen molar-refractivity contribution < 1.29 is 52.6 Å². The Morgan fingerprint density at radius 3 is 1.53 bits per heavy atom. The number of esters is 2. The van der Waals surface area contributed by atoms with Gasteiger partial charge in [-0.05, 0) is 97.5 Å². The molecular formula is C37H39NO11P2. The van der Waals surface area contributed by atoms with E-state index in [1.165, 1.54) is 12.1 Å². The number of benzene rings is 4. The van der Waals surface area contributed by atoms with Crippen LogP contribution >= 0.6 is 15.2 Å². The van der Waals surface area contributed by atoms with Gasteiger partial charge in [0.25, 0.3) is 0 Å². The standard InChI is InChI=1S/C37H39NO11P2/c1-5-30(25-15-18-29(19-16-25)48-36(40)26-11-7-23(3)8-12-26)31(6-2)28-17-20-33(49-37(41)27-13-9-24(4)10-14-27)32(21-28)38-34(39)22-35(50(42,43)44)51(45,46)47/h7-21,35H,5-6,22H2,1-4H3,(H,38,39)(H2,42,43,44)(H2,45,46,47)/b31-30+. The minimum absolute atomic E-state index is 0.0621. The second kappa shape index (κ2) is 16.6. The number of allylic oxidation sites excluding steroid dienone is 2. The lowest BCUT2D eigenvalue weighted by Crippen LogP contribution is -2.21. The molecule has 0 unspecified atom stereocenters. The van der Waals surface area contributed by atoms with Crippen LogP contribution in [0.1, 0.15) is 76.1 Å². The molecule has 0 saturated carbocycles. The summed E-state index contributed by atoms with van der Waals surface area (Å²) in [5, 5.41) is -0.131. The number of rotatable bonds is 13. The highest BCUT2D eigenvalue weighted by Gasteiger charge is 2.44. The molecule has 51 heavy (non-hydrogen) atoms. The van der Waals surface area contributed by atoms with Gasteiger partial charge in [-0.1, -0.05) is 67.4 Å². The van der Waals surface area contributed by atoms with Crippen LogP contribution in [0.3, 0.4) is 0 Å². The number of carbonyl (C=O) groups excluding carboxylic acids is 3. The molecule has 5 N–H and O–H groups in total. The molecule has 0 atom stereocenters. The van der Waals surface area contributed by atoms with Crippen molar-refractivity contribution >= 4 is 49.9 Å². The predicted molar refractivity (Wildman–Crippen MR) is 194 cm³/mol. The van der Waals surface area contributed by atoms with Crippen LogP contribution in [0.5, 0.6) is 11.5 Å². The monoisotopic (exact) mass is 735 g/mol. The molecule has 4 rings (SSSR count). The van der Waals surface area contributed by atoms with Gasteiger partial charge in [0.1, 0.15) is 5.75 Å². The van der Waals surface area contributed by atoms with Crippen LogP contribution in [-0.4, -0.2) is 42.8 Å². The molecule has 1 amide bonds. The Hall–Kier alpha value is -4.67. The highest BCUT2D eigenvalue weighted by Crippen LogP contribution is 2.61. The van der Waals surface area contributed by atoms with Crippen LogP contribution in [-0.2, 0) is 13.9 Å². The van der Waals surface area contributed by atoms with Gasteiger partial charge in [-0.3, -0.25) is 13.9 Å². The van der Waals surface area contributed by atoms with Gasteiger partial charge in [-0.25, -0.2) is 9.59 Å². The Bertz CT molecular complexity index is 2010. The van der Waals surface area contributed by atoms with Gasteiger partial charge < -0.3 is 34.4 Å². The maximum absolute atomic E-state index is 13.1. The van der Waals surface area contributed by atoms with Crippen LogP contribution in [0.15, 0.2) is 91.0 Å². The zero-order valence-electron chi connectivity index (χ0n) is 28.4. The second-order valence-corrected chi connectivity index (χ2v) is 15.8. The molecule has 0 aromatic heterocycles. The molecular weight excluding hydrogens is 696 g/mol. The normalized spacial score (nSPS) is 12.3. The number of amides is 1. The van der Waals surface area contributed by atoms with Gasteiger partial charge in [0, 0.05) is 0 Å². The fourth-order valence-electron chi connectivity index (χ4n) is 5.32. The third-order valence-corrected chi connectivity index (χ3v) is 11.7. The number of aryl methyl sites for hydroxylation is 2. The summed E-state index contributed by atoms with van der Waals surface area (Å²) in [6.45, 7) is 7.66. The highest BCUT2D eigenvalue weighted by molar-refractivity contribution is 7.70. The molecule has 0 spiro atoms. The first-order valence-electron chi connectivity index (χ1n) is 15.9. The lowest BCUT2D eigenvalue weighted by Gasteiger charge is -2.20. The SMILES string of the molecule is CC/C(=C(/CC)c1ccc(OC(=O)c2ccc(C)cc2)c(NC(=O)CC(P(=O)(O)O)P(=O)(O)O)c1)c1ccc(OC(=O)c2ccc(C)cc2)cc1. The van der Waals surface area contributed by atoms with E-state index >= 15 is 0 Å². The molecule has 0 saturated heterocycles. The van der Waals surface area contributed by atoms with E-state index in [0.29, 0.717) is 29.7 Å². The van der Waals surface area contributed by atoms with E-state index in [4.69, 9.17) is 9.47 Å². The quantitative estimate of drug-likeness (QED) is 0.0395. The average Bonchev–Trinajstić information content (AvgIpc) is 3.07. The minimum Gasteiger partial charge on any atom is -0.423 e. The smallest absolute Gasteiger partial charge is 0.343 e. The maximum atomic E-state index is 13.1. The third kappa shape index (κ3) is 10.4. The van der Waals surface area contributed by atoms with Crippen molar-refractivity contribution in [3.05, 3.63) is 124 Å². The summed E-state index contributed by atoms with van der Waals surface area (Å²) in [6, 6.07) is 25.3. The summed E-state index contributed by atoms with van der Waals surface area (Å²) in [6.07, 6.45) is -0.118. The van der Waals surface area contributed by atoms with Crippen molar-refractivity contribution in [1.29, 1.82) is 0 Å². The molecule has 0 aliphatic carbocycles. The summed E-state index contributed by atoms with van der Waals surface area (Å²) in [4.78, 5) is 76.9. The Morgan fingerprint density at radius 2 is 1.06 bits per heavy atom. The molecule has 0 aliphatic heterocycles. The number of nitrogens with one attached hydrogen (secondary N) is 1. The number of hydrogen-bond acceptors (Lipinski definition) is 7. The topological polar surface area (TPSA) is 197 Å². The van der Waals surface area contributed by atoms with Crippen molar-refractivity contribution in [3.8, 4) is 11.5 Å². The van der Waals surface area contributed by atoms with E-state index in [0.717, 1.165) is 27.8 Å². The summed E-state index contributed by atoms with van der Waals surface area (Å²) in [5.74, 6) is -2.11. The van der Waals surface area contributed by atoms with Crippen molar-refractivity contribution in [2.75, 3.05) is 5.32 Å².